The van der Waals surface area contributed by atoms with E-state index in [1.807, 2.05) is 20.0 Å². The summed E-state index contributed by atoms with van der Waals surface area (Å²) in [6.45, 7) is 4.66. The molecule has 0 unspecified atom stereocenters. The van der Waals surface area contributed by atoms with Gasteiger partial charge in [-0.2, -0.15) is 0 Å². The highest BCUT2D eigenvalue weighted by molar-refractivity contribution is 5.24. The zero-order valence-corrected chi connectivity index (χ0v) is 10.5. The van der Waals surface area contributed by atoms with Crippen LogP contribution in [0.4, 0.5) is 4.39 Å². The highest BCUT2D eigenvalue weighted by atomic mass is 19.1. The first kappa shape index (κ1) is 14.1. The fraction of sp³-hybridized carbons (Fsp3) is 0.538. The van der Waals surface area contributed by atoms with Gasteiger partial charge in [-0.15, -0.1) is 0 Å². The quantitative estimate of drug-likeness (QED) is 0.707. The van der Waals surface area contributed by atoms with Gasteiger partial charge in [0.1, 0.15) is 5.82 Å². The lowest BCUT2D eigenvalue weighted by atomic mass is 10.1. The first-order valence-electron chi connectivity index (χ1n) is 5.85. The van der Waals surface area contributed by atoms with Gasteiger partial charge in [0.15, 0.2) is 0 Å². The molecule has 0 amide bonds. The zero-order chi connectivity index (χ0) is 12.5. The van der Waals surface area contributed by atoms with Crippen molar-refractivity contribution in [3.63, 3.8) is 0 Å². The Morgan fingerprint density at radius 1 is 1.24 bits per heavy atom. The fourth-order valence-corrected chi connectivity index (χ4v) is 1.50. The maximum atomic E-state index is 13.5. The van der Waals surface area contributed by atoms with E-state index in [2.05, 4.69) is 5.32 Å². The van der Waals surface area contributed by atoms with E-state index < -0.39 is 0 Å². The molecule has 0 saturated heterocycles. The predicted octanol–water partition coefficient (Wildman–Crippen LogP) is 2.10. The third-order valence-corrected chi connectivity index (χ3v) is 2.32. The first-order valence-corrected chi connectivity index (χ1v) is 5.85. The molecule has 0 atom stereocenters. The highest BCUT2D eigenvalue weighted by Gasteiger charge is 2.03. The van der Waals surface area contributed by atoms with Gasteiger partial charge in [0.25, 0.3) is 0 Å². The van der Waals surface area contributed by atoms with Crippen LogP contribution < -0.4 is 5.32 Å². The fourth-order valence-electron chi connectivity index (χ4n) is 1.50. The van der Waals surface area contributed by atoms with Crippen LogP contribution in [0.2, 0.25) is 0 Å². The summed E-state index contributed by atoms with van der Waals surface area (Å²) in [6, 6.07) is 5.08. The van der Waals surface area contributed by atoms with Crippen LogP contribution in [-0.4, -0.2) is 26.9 Å². The lowest BCUT2D eigenvalue weighted by Crippen LogP contribution is -2.08. The van der Waals surface area contributed by atoms with Crippen LogP contribution in [0.25, 0.3) is 0 Å². The Bertz CT molecular complexity index is 331. The molecule has 0 radical (unpaired) electrons. The Kier molecular flexibility index (Phi) is 6.77. The Balaban J connectivity index is 2.42. The molecule has 3 nitrogen and oxygen atoms in total. The average Bonchev–Trinajstić information content (AvgIpc) is 2.33. The van der Waals surface area contributed by atoms with E-state index in [1.54, 1.807) is 6.07 Å². The molecular formula is C13H20FNO2. The summed E-state index contributed by atoms with van der Waals surface area (Å²) < 4.78 is 23.9. The smallest absolute Gasteiger partial charge is 0.128 e. The van der Waals surface area contributed by atoms with E-state index >= 15 is 0 Å². The van der Waals surface area contributed by atoms with Crippen molar-refractivity contribution >= 4 is 0 Å². The number of hydrogen-bond donors (Lipinski definition) is 1. The minimum atomic E-state index is -0.221. The Labute approximate surface area is 102 Å². The topological polar surface area (TPSA) is 30.5 Å². The molecule has 4 heteroatoms. The third-order valence-electron chi connectivity index (χ3n) is 2.32. The zero-order valence-electron chi connectivity index (χ0n) is 10.5. The van der Waals surface area contributed by atoms with E-state index in [9.17, 15) is 4.39 Å². The van der Waals surface area contributed by atoms with Crippen molar-refractivity contribution in [1.29, 1.82) is 0 Å². The van der Waals surface area contributed by atoms with E-state index in [0.29, 0.717) is 25.4 Å². The molecule has 96 valence electrons. The van der Waals surface area contributed by atoms with Crippen LogP contribution in [0, 0.1) is 5.82 Å². The monoisotopic (exact) mass is 241 g/mol. The molecular weight excluding hydrogens is 221 g/mol. The molecule has 0 fully saturated rings. The van der Waals surface area contributed by atoms with Crippen LogP contribution in [0.3, 0.4) is 0 Å². The van der Waals surface area contributed by atoms with Gasteiger partial charge in [0, 0.05) is 18.7 Å². The number of hydrogen-bond acceptors (Lipinski definition) is 3. The predicted molar refractivity (Wildman–Crippen MR) is 65.3 cm³/mol. The van der Waals surface area contributed by atoms with Gasteiger partial charge in [0.2, 0.25) is 0 Å². The van der Waals surface area contributed by atoms with Crippen LogP contribution in [0.1, 0.15) is 18.1 Å². The molecule has 1 rings (SSSR count). The van der Waals surface area contributed by atoms with Gasteiger partial charge in [-0.3, -0.25) is 0 Å². The summed E-state index contributed by atoms with van der Waals surface area (Å²) in [6.07, 6.45) is 0. The summed E-state index contributed by atoms with van der Waals surface area (Å²) in [4.78, 5) is 0. The molecule has 0 aliphatic rings. The van der Waals surface area contributed by atoms with E-state index in [-0.39, 0.29) is 12.4 Å². The number of rotatable bonds is 8. The van der Waals surface area contributed by atoms with E-state index in [0.717, 1.165) is 12.1 Å². The lowest BCUT2D eigenvalue weighted by Gasteiger charge is -2.08. The standard InChI is InChI=1S/C13H20FNO2/c1-3-16-6-7-17-10-12-8-11(9-15-2)4-5-13(12)14/h4-5,8,15H,3,6-7,9-10H2,1-2H3. The third kappa shape index (κ3) is 5.26. The maximum absolute atomic E-state index is 13.5. The van der Waals surface area contributed by atoms with Crippen molar-refractivity contribution in [2.45, 2.75) is 20.1 Å². The van der Waals surface area contributed by atoms with Crippen molar-refractivity contribution in [2.24, 2.45) is 0 Å². The van der Waals surface area contributed by atoms with Crippen LogP contribution in [-0.2, 0) is 22.6 Å². The van der Waals surface area contributed by atoms with Crippen molar-refractivity contribution in [3.8, 4) is 0 Å². The Morgan fingerprint density at radius 2 is 2.00 bits per heavy atom. The van der Waals surface area contributed by atoms with Gasteiger partial charge in [-0.1, -0.05) is 6.07 Å². The van der Waals surface area contributed by atoms with Crippen LogP contribution >= 0.6 is 0 Å². The number of benzene rings is 1. The molecule has 0 bridgehead atoms. The molecule has 17 heavy (non-hydrogen) atoms. The van der Waals surface area contributed by atoms with E-state index in [4.69, 9.17) is 9.47 Å². The van der Waals surface area contributed by atoms with Crippen molar-refractivity contribution in [2.75, 3.05) is 26.9 Å². The van der Waals surface area contributed by atoms with Crippen LogP contribution in [0.15, 0.2) is 18.2 Å². The largest absolute Gasteiger partial charge is 0.379 e. The van der Waals surface area contributed by atoms with Crippen LogP contribution in [0.5, 0.6) is 0 Å². The molecule has 0 heterocycles. The normalized spacial score (nSPS) is 10.8. The van der Waals surface area contributed by atoms with Gasteiger partial charge < -0.3 is 14.8 Å². The van der Waals surface area contributed by atoms with Gasteiger partial charge >= 0.3 is 0 Å². The number of halogens is 1. The lowest BCUT2D eigenvalue weighted by molar-refractivity contribution is 0.0443. The maximum Gasteiger partial charge on any atom is 0.128 e. The number of ether oxygens (including phenoxy) is 2. The van der Waals surface area contributed by atoms with Gasteiger partial charge in [-0.25, -0.2) is 4.39 Å². The minimum absolute atomic E-state index is 0.221. The molecule has 1 aromatic rings. The van der Waals surface area contributed by atoms with Crippen molar-refractivity contribution in [3.05, 3.63) is 35.1 Å². The molecule has 1 N–H and O–H groups in total. The van der Waals surface area contributed by atoms with Crippen molar-refractivity contribution in [1.82, 2.24) is 5.32 Å². The summed E-state index contributed by atoms with van der Waals surface area (Å²) in [5.41, 5.74) is 1.64. The molecule has 0 aromatic heterocycles. The second kappa shape index (κ2) is 8.17. The number of nitrogens with one attached hydrogen (secondary N) is 1. The summed E-state index contributed by atoms with van der Waals surface area (Å²) in [5, 5.41) is 3.03. The molecule has 1 aromatic carbocycles. The minimum Gasteiger partial charge on any atom is -0.379 e. The van der Waals surface area contributed by atoms with Gasteiger partial charge in [-0.05, 0) is 31.7 Å². The molecule has 0 aliphatic carbocycles. The molecule has 0 saturated carbocycles. The second-order valence-corrected chi connectivity index (χ2v) is 3.71. The highest BCUT2D eigenvalue weighted by Crippen LogP contribution is 2.11. The van der Waals surface area contributed by atoms with Gasteiger partial charge in [0.05, 0.1) is 19.8 Å². The Morgan fingerprint density at radius 3 is 2.71 bits per heavy atom. The summed E-state index contributed by atoms with van der Waals surface area (Å²) >= 11 is 0. The Hall–Kier alpha value is -0.970. The second-order valence-electron chi connectivity index (χ2n) is 3.71. The summed E-state index contributed by atoms with van der Waals surface area (Å²) in [7, 11) is 1.86. The molecule has 0 aliphatic heterocycles. The van der Waals surface area contributed by atoms with Crippen molar-refractivity contribution < 1.29 is 13.9 Å². The summed E-state index contributed by atoms with van der Waals surface area (Å²) in [5.74, 6) is -0.221. The SMILES string of the molecule is CCOCCOCc1cc(CNC)ccc1F. The molecule has 0 spiro atoms. The first-order chi connectivity index (χ1) is 8.27. The van der Waals surface area contributed by atoms with E-state index in [1.165, 1.54) is 6.07 Å². The average molecular weight is 241 g/mol.